The Morgan fingerprint density at radius 3 is 2.26 bits per heavy atom. The zero-order valence-corrected chi connectivity index (χ0v) is 13.2. The second-order valence-corrected chi connectivity index (χ2v) is 6.22. The molecule has 2 atom stereocenters. The molecule has 118 valence electrons. The number of hydrogen-bond donors (Lipinski definition) is 1. The summed E-state index contributed by atoms with van der Waals surface area (Å²) in [5.74, 6) is 0.0317. The molecule has 0 spiro atoms. The molecule has 3 nitrogen and oxygen atoms in total. The Morgan fingerprint density at radius 2 is 1.65 bits per heavy atom. The zero-order valence-electron chi connectivity index (χ0n) is 13.2. The first-order valence-corrected chi connectivity index (χ1v) is 7.86. The van der Waals surface area contributed by atoms with Gasteiger partial charge in [-0.2, -0.15) is 0 Å². The molecule has 0 saturated heterocycles. The third-order valence-corrected chi connectivity index (χ3v) is 4.43. The molecule has 2 aromatic carbocycles. The lowest BCUT2D eigenvalue weighted by molar-refractivity contribution is -0.136. The molecule has 0 aromatic heterocycles. The Morgan fingerprint density at radius 1 is 1.04 bits per heavy atom. The number of hydrogen-bond acceptors (Lipinski definition) is 2. The van der Waals surface area contributed by atoms with Crippen molar-refractivity contribution >= 4 is 5.91 Å². The summed E-state index contributed by atoms with van der Waals surface area (Å²) in [5.41, 5.74) is 1.51. The molecule has 2 aromatic rings. The minimum Gasteiger partial charge on any atom is -0.394 e. The van der Waals surface area contributed by atoms with Crippen LogP contribution in [0.5, 0.6) is 0 Å². The topological polar surface area (TPSA) is 40.5 Å². The van der Waals surface area contributed by atoms with Gasteiger partial charge in [-0.3, -0.25) is 4.79 Å². The molecule has 1 aliphatic rings. The number of rotatable bonds is 5. The predicted molar refractivity (Wildman–Crippen MR) is 90.5 cm³/mol. The van der Waals surface area contributed by atoms with Crippen molar-refractivity contribution < 1.29 is 9.90 Å². The van der Waals surface area contributed by atoms with Crippen LogP contribution in [0.3, 0.4) is 0 Å². The molecule has 0 radical (unpaired) electrons. The highest BCUT2D eigenvalue weighted by Crippen LogP contribution is 2.36. The van der Waals surface area contributed by atoms with E-state index in [1.165, 1.54) is 0 Å². The van der Waals surface area contributed by atoms with Gasteiger partial charge in [-0.15, -0.1) is 0 Å². The van der Waals surface area contributed by atoms with Crippen LogP contribution in [0, 0.1) is 5.41 Å². The van der Waals surface area contributed by atoms with E-state index in [9.17, 15) is 9.90 Å². The van der Waals surface area contributed by atoms with E-state index in [-0.39, 0.29) is 18.6 Å². The lowest BCUT2D eigenvalue weighted by Gasteiger charge is -2.29. The van der Waals surface area contributed by atoms with Crippen molar-refractivity contribution in [1.82, 2.24) is 4.90 Å². The molecule has 1 amide bonds. The van der Waals surface area contributed by atoms with Crippen molar-refractivity contribution in [3.05, 3.63) is 84.1 Å². The molecular formula is C20H21NO2. The van der Waals surface area contributed by atoms with Gasteiger partial charge in [-0.1, -0.05) is 66.7 Å². The van der Waals surface area contributed by atoms with Gasteiger partial charge in [0, 0.05) is 6.20 Å². The van der Waals surface area contributed by atoms with Gasteiger partial charge in [0.25, 0.3) is 0 Å². The maximum atomic E-state index is 13.0. The number of benzene rings is 2. The van der Waals surface area contributed by atoms with E-state index in [2.05, 4.69) is 0 Å². The molecule has 23 heavy (non-hydrogen) atoms. The summed E-state index contributed by atoms with van der Waals surface area (Å²) in [6.07, 6.45) is 4.43. The van der Waals surface area contributed by atoms with Crippen LogP contribution in [-0.4, -0.2) is 22.5 Å². The predicted octanol–water partition coefficient (Wildman–Crippen LogP) is 3.32. The number of nitrogens with zero attached hydrogens (tertiary/aromatic N) is 1. The second kappa shape index (κ2) is 6.39. The molecule has 1 aliphatic heterocycles. The normalized spacial score (nSPS) is 21.7. The first-order chi connectivity index (χ1) is 11.1. The van der Waals surface area contributed by atoms with E-state index in [4.69, 9.17) is 0 Å². The quantitative estimate of drug-likeness (QED) is 0.920. The summed E-state index contributed by atoms with van der Waals surface area (Å²) >= 11 is 0. The fourth-order valence-electron chi connectivity index (χ4n) is 3.11. The average molecular weight is 307 g/mol. The van der Waals surface area contributed by atoms with E-state index >= 15 is 0 Å². The lowest BCUT2D eigenvalue weighted by Crippen LogP contribution is -2.38. The van der Waals surface area contributed by atoms with Gasteiger partial charge in [0.2, 0.25) is 5.91 Å². The zero-order chi connectivity index (χ0) is 16.3. The minimum absolute atomic E-state index is 0.0317. The van der Waals surface area contributed by atoms with Gasteiger partial charge in [0.05, 0.1) is 18.1 Å². The molecule has 0 fully saturated rings. The second-order valence-electron chi connectivity index (χ2n) is 6.22. The maximum absolute atomic E-state index is 13.0. The van der Waals surface area contributed by atoms with Crippen molar-refractivity contribution in [2.75, 3.05) is 6.61 Å². The Bertz CT molecular complexity index is 696. The number of aliphatic hydroxyl groups is 1. The highest BCUT2D eigenvalue weighted by atomic mass is 16.3. The summed E-state index contributed by atoms with van der Waals surface area (Å²) in [6, 6.07) is 19.3. The molecule has 3 heteroatoms. The fourth-order valence-corrected chi connectivity index (χ4v) is 3.11. The molecule has 3 rings (SSSR count). The standard InChI is InChI=1S/C20H21NO2/c1-20(14-16-8-4-2-5-9-16)12-13-21(19(20)23)18(15-22)17-10-6-3-7-11-17/h2-13,18,22H,14-15H2,1H3/t18-,20-/m0/s1. The monoisotopic (exact) mass is 307 g/mol. The Balaban J connectivity index is 1.82. The number of aliphatic hydroxyl groups excluding tert-OH is 1. The molecule has 0 aliphatic carbocycles. The van der Waals surface area contributed by atoms with Crippen molar-refractivity contribution in [2.45, 2.75) is 19.4 Å². The lowest BCUT2D eigenvalue weighted by atomic mass is 9.84. The van der Waals surface area contributed by atoms with E-state index < -0.39 is 5.41 Å². The smallest absolute Gasteiger partial charge is 0.237 e. The minimum atomic E-state index is -0.566. The van der Waals surface area contributed by atoms with Gasteiger partial charge < -0.3 is 10.0 Å². The van der Waals surface area contributed by atoms with Gasteiger partial charge in [-0.05, 0) is 24.5 Å². The van der Waals surface area contributed by atoms with Gasteiger partial charge in [0.15, 0.2) is 0 Å². The molecule has 1 heterocycles. The highest BCUT2D eigenvalue weighted by Gasteiger charge is 2.41. The van der Waals surface area contributed by atoms with Crippen LogP contribution in [0.4, 0.5) is 0 Å². The summed E-state index contributed by atoms with van der Waals surface area (Å²) in [5, 5.41) is 9.79. The molecule has 1 N–H and O–H groups in total. The van der Waals surface area contributed by atoms with Crippen LogP contribution in [-0.2, 0) is 11.2 Å². The Kier molecular flexibility index (Phi) is 4.30. The molecule has 0 bridgehead atoms. The molecule has 0 unspecified atom stereocenters. The van der Waals surface area contributed by atoms with Gasteiger partial charge in [0.1, 0.15) is 0 Å². The number of carbonyl (C=O) groups is 1. The Labute approximate surface area is 136 Å². The van der Waals surface area contributed by atoms with Crippen molar-refractivity contribution in [3.63, 3.8) is 0 Å². The van der Waals surface area contributed by atoms with E-state index in [0.29, 0.717) is 6.42 Å². The largest absolute Gasteiger partial charge is 0.394 e. The third-order valence-electron chi connectivity index (χ3n) is 4.43. The Hall–Kier alpha value is -2.39. The number of amides is 1. The number of carbonyl (C=O) groups excluding carboxylic acids is 1. The van der Waals surface area contributed by atoms with E-state index in [0.717, 1.165) is 11.1 Å². The van der Waals surface area contributed by atoms with Crippen LogP contribution in [0.15, 0.2) is 72.9 Å². The first-order valence-electron chi connectivity index (χ1n) is 7.86. The van der Waals surface area contributed by atoms with Crippen LogP contribution in [0.25, 0.3) is 0 Å². The summed E-state index contributed by atoms with van der Waals surface area (Å²) in [4.78, 5) is 14.6. The van der Waals surface area contributed by atoms with Crippen molar-refractivity contribution in [2.24, 2.45) is 5.41 Å². The average Bonchev–Trinajstić information content (AvgIpc) is 2.86. The first kappa shape index (κ1) is 15.5. The van der Waals surface area contributed by atoms with Crippen LogP contribution in [0.2, 0.25) is 0 Å². The highest BCUT2D eigenvalue weighted by molar-refractivity contribution is 5.88. The van der Waals surface area contributed by atoms with Crippen LogP contribution in [0.1, 0.15) is 24.1 Å². The van der Waals surface area contributed by atoms with Crippen molar-refractivity contribution in [1.29, 1.82) is 0 Å². The SMILES string of the molecule is C[C@@]1(Cc2ccccc2)C=CN([C@@H](CO)c2ccccc2)C1=O. The van der Waals surface area contributed by atoms with Gasteiger partial charge >= 0.3 is 0 Å². The molecular weight excluding hydrogens is 286 g/mol. The third kappa shape index (κ3) is 3.06. The van der Waals surface area contributed by atoms with E-state index in [1.54, 1.807) is 4.90 Å². The molecule has 0 saturated carbocycles. The van der Waals surface area contributed by atoms with Crippen LogP contribution < -0.4 is 0 Å². The summed E-state index contributed by atoms with van der Waals surface area (Å²) < 4.78 is 0. The van der Waals surface area contributed by atoms with E-state index in [1.807, 2.05) is 79.9 Å². The summed E-state index contributed by atoms with van der Waals surface area (Å²) in [7, 11) is 0. The fraction of sp³-hybridized carbons (Fsp3) is 0.250. The van der Waals surface area contributed by atoms with Crippen molar-refractivity contribution in [3.8, 4) is 0 Å². The summed E-state index contributed by atoms with van der Waals surface area (Å²) in [6.45, 7) is 1.86. The maximum Gasteiger partial charge on any atom is 0.237 e. The van der Waals surface area contributed by atoms with Gasteiger partial charge in [-0.25, -0.2) is 0 Å². The van der Waals surface area contributed by atoms with Crippen LogP contribution >= 0.6 is 0 Å².